The van der Waals surface area contributed by atoms with E-state index in [0.717, 1.165) is 0 Å². The van der Waals surface area contributed by atoms with Gasteiger partial charge in [-0.15, -0.1) is 22.0 Å². The summed E-state index contributed by atoms with van der Waals surface area (Å²) in [7, 11) is 0. The molecular weight excluding hydrogens is 406 g/mol. The number of aromatic nitrogens is 5. The molecule has 13 heteroatoms. The lowest BCUT2D eigenvalue weighted by molar-refractivity contribution is -0.166. The van der Waals surface area contributed by atoms with Gasteiger partial charge in [0.15, 0.2) is 24.1 Å². The molecule has 156 valence electrons. The summed E-state index contributed by atoms with van der Waals surface area (Å²) in [4.78, 5) is 38.9. The molecule has 3 rings (SSSR count). The van der Waals surface area contributed by atoms with Gasteiger partial charge in [0.05, 0.1) is 6.33 Å². The Bertz CT molecular complexity index is 936. The van der Waals surface area contributed by atoms with Crippen molar-refractivity contribution in [1.82, 2.24) is 25.0 Å². The molecule has 0 amide bonds. The molecule has 4 atom stereocenters. The standard InChI is InChI=1S/C16H19N5O7S/c1-7(22)25-5-10-12(26-8(2)23)13(27-9(3)24)16(28-10)21-6-17-11-14(21)18-20-19-15(11)29-4/h6,10,12-13,16H,5H2,1-4H3/t10-,12-,13-,16-/m1/s1. The van der Waals surface area contributed by atoms with Gasteiger partial charge in [-0.05, 0) is 11.5 Å². The first-order valence-electron chi connectivity index (χ1n) is 8.55. The number of hydrogen-bond acceptors (Lipinski definition) is 12. The Kier molecular flexibility index (Phi) is 6.27. The number of rotatable bonds is 6. The first-order valence-corrected chi connectivity index (χ1v) is 9.77. The van der Waals surface area contributed by atoms with E-state index < -0.39 is 42.4 Å². The van der Waals surface area contributed by atoms with Gasteiger partial charge >= 0.3 is 17.9 Å². The van der Waals surface area contributed by atoms with Crippen LogP contribution < -0.4 is 0 Å². The Morgan fingerprint density at radius 3 is 2.41 bits per heavy atom. The molecule has 1 fully saturated rings. The van der Waals surface area contributed by atoms with Crippen molar-refractivity contribution in [3.63, 3.8) is 0 Å². The van der Waals surface area contributed by atoms with Crippen LogP contribution in [0.4, 0.5) is 0 Å². The average molecular weight is 425 g/mol. The van der Waals surface area contributed by atoms with E-state index in [9.17, 15) is 14.4 Å². The molecule has 3 heterocycles. The summed E-state index contributed by atoms with van der Waals surface area (Å²) in [5.41, 5.74) is 0.839. The molecule has 2 aromatic rings. The van der Waals surface area contributed by atoms with Crippen LogP contribution in [-0.4, -0.2) is 74.0 Å². The van der Waals surface area contributed by atoms with Gasteiger partial charge in [0, 0.05) is 20.8 Å². The molecule has 1 aliphatic heterocycles. The molecule has 0 saturated carbocycles. The number of thioether (sulfide) groups is 1. The van der Waals surface area contributed by atoms with E-state index in [1.54, 1.807) is 0 Å². The van der Waals surface area contributed by atoms with Crippen LogP contribution in [0.5, 0.6) is 0 Å². The molecule has 2 aromatic heterocycles. The average Bonchev–Trinajstić information content (AvgIpc) is 3.21. The molecule has 29 heavy (non-hydrogen) atoms. The Hall–Kier alpha value is -2.80. The zero-order chi connectivity index (χ0) is 21.1. The second-order valence-corrected chi connectivity index (χ2v) is 6.93. The second kappa shape index (κ2) is 8.69. The minimum Gasteiger partial charge on any atom is -0.463 e. The summed E-state index contributed by atoms with van der Waals surface area (Å²) in [6.07, 6.45) is -0.581. The van der Waals surface area contributed by atoms with Gasteiger partial charge < -0.3 is 18.9 Å². The fourth-order valence-electron chi connectivity index (χ4n) is 3.00. The fourth-order valence-corrected chi connectivity index (χ4v) is 3.45. The molecule has 0 spiro atoms. The van der Waals surface area contributed by atoms with E-state index in [-0.39, 0.29) is 6.61 Å². The Morgan fingerprint density at radius 1 is 1.10 bits per heavy atom. The van der Waals surface area contributed by atoms with Crippen molar-refractivity contribution in [2.45, 2.75) is 50.3 Å². The maximum Gasteiger partial charge on any atom is 0.303 e. The highest BCUT2D eigenvalue weighted by Gasteiger charge is 2.51. The van der Waals surface area contributed by atoms with Crippen molar-refractivity contribution >= 4 is 40.8 Å². The van der Waals surface area contributed by atoms with Crippen molar-refractivity contribution in [3.05, 3.63) is 6.33 Å². The molecule has 0 unspecified atom stereocenters. The van der Waals surface area contributed by atoms with Crippen LogP contribution in [0.2, 0.25) is 0 Å². The van der Waals surface area contributed by atoms with Gasteiger partial charge in [-0.1, -0.05) is 0 Å². The Morgan fingerprint density at radius 2 is 1.79 bits per heavy atom. The van der Waals surface area contributed by atoms with Gasteiger partial charge in [0.1, 0.15) is 23.3 Å². The third kappa shape index (κ3) is 4.45. The lowest BCUT2D eigenvalue weighted by atomic mass is 10.1. The number of imidazole rings is 1. The van der Waals surface area contributed by atoms with Crippen molar-refractivity contribution in [2.75, 3.05) is 12.9 Å². The van der Waals surface area contributed by atoms with E-state index in [0.29, 0.717) is 16.2 Å². The highest BCUT2D eigenvalue weighted by Crippen LogP contribution is 2.36. The maximum atomic E-state index is 11.7. The lowest BCUT2D eigenvalue weighted by Gasteiger charge is -2.23. The number of fused-ring (bicyclic) bond motifs is 1. The van der Waals surface area contributed by atoms with Crippen LogP contribution in [0.25, 0.3) is 11.2 Å². The molecule has 0 aromatic carbocycles. The van der Waals surface area contributed by atoms with Gasteiger partial charge in [0.2, 0.25) is 0 Å². The highest BCUT2D eigenvalue weighted by molar-refractivity contribution is 7.98. The third-order valence-electron chi connectivity index (χ3n) is 4.05. The highest BCUT2D eigenvalue weighted by atomic mass is 32.2. The van der Waals surface area contributed by atoms with Crippen molar-refractivity contribution < 1.29 is 33.3 Å². The van der Waals surface area contributed by atoms with Crippen LogP contribution in [0, 0.1) is 0 Å². The third-order valence-corrected chi connectivity index (χ3v) is 4.71. The zero-order valence-corrected chi connectivity index (χ0v) is 16.9. The van der Waals surface area contributed by atoms with Crippen molar-refractivity contribution in [3.8, 4) is 0 Å². The topological polar surface area (TPSA) is 145 Å². The predicted molar refractivity (Wildman–Crippen MR) is 96.6 cm³/mol. The normalized spacial score (nSPS) is 23.7. The molecular formula is C16H19N5O7S. The first kappa shape index (κ1) is 20.9. The zero-order valence-electron chi connectivity index (χ0n) is 16.1. The van der Waals surface area contributed by atoms with Gasteiger partial charge in [0.25, 0.3) is 0 Å². The van der Waals surface area contributed by atoms with E-state index in [4.69, 9.17) is 18.9 Å². The Labute approximate surface area is 169 Å². The molecule has 0 N–H and O–H groups in total. The molecule has 1 saturated heterocycles. The van der Waals surface area contributed by atoms with Crippen molar-refractivity contribution in [2.24, 2.45) is 0 Å². The van der Waals surface area contributed by atoms with E-state index in [1.165, 1.54) is 43.4 Å². The van der Waals surface area contributed by atoms with Gasteiger partial charge in [-0.25, -0.2) is 4.98 Å². The van der Waals surface area contributed by atoms with Crippen LogP contribution in [-0.2, 0) is 33.3 Å². The summed E-state index contributed by atoms with van der Waals surface area (Å²) in [5.74, 6) is -1.73. The van der Waals surface area contributed by atoms with Crippen LogP contribution in [0.3, 0.4) is 0 Å². The monoisotopic (exact) mass is 425 g/mol. The van der Waals surface area contributed by atoms with E-state index in [1.807, 2.05) is 6.26 Å². The summed E-state index contributed by atoms with van der Waals surface area (Å²) < 4.78 is 23.2. The summed E-state index contributed by atoms with van der Waals surface area (Å²) >= 11 is 1.34. The minimum atomic E-state index is -1.03. The quantitative estimate of drug-likeness (QED) is 0.356. The predicted octanol–water partition coefficient (Wildman–Crippen LogP) is 0.267. The van der Waals surface area contributed by atoms with Gasteiger partial charge in [-0.2, -0.15) is 0 Å². The van der Waals surface area contributed by atoms with E-state index >= 15 is 0 Å². The molecule has 12 nitrogen and oxygen atoms in total. The van der Waals surface area contributed by atoms with Crippen molar-refractivity contribution in [1.29, 1.82) is 0 Å². The largest absolute Gasteiger partial charge is 0.463 e. The minimum absolute atomic E-state index is 0.197. The summed E-state index contributed by atoms with van der Waals surface area (Å²) in [6.45, 7) is 3.49. The second-order valence-electron chi connectivity index (χ2n) is 6.14. The fraction of sp³-hybridized carbons (Fsp3) is 0.562. The number of hydrogen-bond donors (Lipinski definition) is 0. The molecule has 0 radical (unpaired) electrons. The van der Waals surface area contributed by atoms with E-state index in [2.05, 4.69) is 20.4 Å². The number of carbonyl (C=O) groups excluding carboxylic acids is 3. The molecule has 1 aliphatic rings. The van der Waals surface area contributed by atoms with Crippen LogP contribution in [0.15, 0.2) is 11.4 Å². The van der Waals surface area contributed by atoms with Crippen LogP contribution in [0.1, 0.15) is 27.0 Å². The summed E-state index contributed by atoms with van der Waals surface area (Å²) in [5, 5.41) is 12.2. The number of carbonyl (C=O) groups is 3. The number of esters is 3. The molecule has 0 bridgehead atoms. The molecule has 0 aliphatic carbocycles. The number of nitrogens with zero attached hydrogens (tertiary/aromatic N) is 5. The van der Waals surface area contributed by atoms with Gasteiger partial charge in [-0.3, -0.25) is 19.0 Å². The smallest absolute Gasteiger partial charge is 0.303 e. The Balaban J connectivity index is 2.02. The maximum absolute atomic E-state index is 11.7. The lowest BCUT2D eigenvalue weighted by Crippen LogP contribution is -2.40. The van der Waals surface area contributed by atoms with Crippen LogP contribution >= 0.6 is 11.8 Å². The SMILES string of the molecule is CSc1nnnc2c1ncn2[C@@H]1O[C@H](COC(C)=O)[C@@H](OC(C)=O)[C@H]1OC(C)=O. The first-order chi connectivity index (χ1) is 13.8. The summed E-state index contributed by atoms with van der Waals surface area (Å²) in [6, 6.07) is 0. The number of ether oxygens (including phenoxy) is 4.